The predicted octanol–water partition coefficient (Wildman–Crippen LogP) is 5.97. The molecule has 134 valence electrons. The number of thiophene rings is 1. The van der Waals surface area contributed by atoms with E-state index in [-0.39, 0.29) is 5.91 Å². The number of pyridine rings is 1. The highest BCUT2D eigenvalue weighted by molar-refractivity contribution is 7.13. The Morgan fingerprint density at radius 3 is 2.63 bits per heavy atom. The van der Waals surface area contributed by atoms with Crippen molar-refractivity contribution in [1.82, 2.24) is 4.98 Å². The molecule has 2 heterocycles. The second-order valence-electron chi connectivity index (χ2n) is 6.45. The number of amides is 1. The summed E-state index contributed by atoms with van der Waals surface area (Å²) in [6.07, 6.45) is 0. The van der Waals surface area contributed by atoms with Crippen molar-refractivity contribution in [2.75, 3.05) is 5.32 Å². The third-order valence-corrected chi connectivity index (χ3v) is 5.45. The molecule has 0 radical (unpaired) electrons. The Hall–Kier alpha value is -3.05. The van der Waals surface area contributed by atoms with Crippen molar-refractivity contribution >= 4 is 33.8 Å². The number of rotatable bonds is 3. The zero-order chi connectivity index (χ0) is 19.0. The van der Waals surface area contributed by atoms with Gasteiger partial charge in [-0.2, -0.15) is 0 Å². The molecule has 3 nitrogen and oxygen atoms in total. The second-order valence-corrected chi connectivity index (χ2v) is 7.39. The number of halogens is 1. The molecule has 0 aliphatic rings. The molecule has 0 unspecified atom stereocenters. The number of carbonyl (C=O) groups excluding carboxylic acids is 1. The molecule has 27 heavy (non-hydrogen) atoms. The van der Waals surface area contributed by atoms with Crippen LogP contribution in [0.15, 0.2) is 60.0 Å². The quantitative estimate of drug-likeness (QED) is 0.478. The van der Waals surface area contributed by atoms with Crippen molar-refractivity contribution in [3.05, 3.63) is 82.5 Å². The predicted molar refractivity (Wildman–Crippen MR) is 109 cm³/mol. The number of nitrogens with one attached hydrogen (secondary N) is 1. The van der Waals surface area contributed by atoms with Crippen LogP contribution in [0.5, 0.6) is 0 Å². The maximum atomic E-state index is 13.8. The molecule has 0 bridgehead atoms. The van der Waals surface area contributed by atoms with Crippen LogP contribution in [0.1, 0.15) is 21.5 Å². The molecule has 0 aliphatic carbocycles. The summed E-state index contributed by atoms with van der Waals surface area (Å²) in [5.41, 5.74) is 4.66. The van der Waals surface area contributed by atoms with Crippen LogP contribution in [0.4, 0.5) is 10.1 Å². The van der Waals surface area contributed by atoms with E-state index in [2.05, 4.69) is 10.3 Å². The lowest BCUT2D eigenvalue weighted by Gasteiger charge is -2.11. The Labute approximate surface area is 160 Å². The van der Waals surface area contributed by atoms with Gasteiger partial charge in [-0.25, -0.2) is 9.37 Å². The van der Waals surface area contributed by atoms with Crippen molar-refractivity contribution in [2.24, 2.45) is 0 Å². The highest BCUT2D eigenvalue weighted by Gasteiger charge is 2.15. The third-order valence-electron chi connectivity index (χ3n) is 4.55. The molecule has 2 aromatic heterocycles. The Balaban J connectivity index is 1.81. The summed E-state index contributed by atoms with van der Waals surface area (Å²) < 4.78 is 13.8. The van der Waals surface area contributed by atoms with E-state index >= 15 is 0 Å². The van der Waals surface area contributed by atoms with E-state index in [1.165, 1.54) is 12.1 Å². The Morgan fingerprint density at radius 2 is 1.89 bits per heavy atom. The molecule has 0 fully saturated rings. The van der Waals surface area contributed by atoms with Gasteiger partial charge in [0.05, 0.1) is 21.7 Å². The lowest BCUT2D eigenvalue weighted by Crippen LogP contribution is -2.13. The average Bonchev–Trinajstić information content (AvgIpc) is 3.18. The molecule has 4 aromatic rings. The summed E-state index contributed by atoms with van der Waals surface area (Å²) in [6.45, 7) is 4.02. The first-order valence-electron chi connectivity index (χ1n) is 8.54. The number of nitrogens with zero attached hydrogens (tertiary/aromatic N) is 1. The average molecular weight is 376 g/mol. The molecule has 1 amide bonds. The molecule has 0 saturated carbocycles. The fourth-order valence-electron chi connectivity index (χ4n) is 2.95. The van der Waals surface area contributed by atoms with Crippen LogP contribution in [0.2, 0.25) is 0 Å². The molecule has 1 N–H and O–H groups in total. The number of anilines is 1. The van der Waals surface area contributed by atoms with Gasteiger partial charge in [0.15, 0.2) is 0 Å². The molecule has 0 aliphatic heterocycles. The van der Waals surface area contributed by atoms with Crippen molar-refractivity contribution < 1.29 is 9.18 Å². The van der Waals surface area contributed by atoms with E-state index < -0.39 is 5.82 Å². The van der Waals surface area contributed by atoms with Gasteiger partial charge in [-0.3, -0.25) is 4.79 Å². The molecular weight excluding hydrogens is 359 g/mol. The zero-order valence-electron chi connectivity index (χ0n) is 14.9. The van der Waals surface area contributed by atoms with Crippen molar-refractivity contribution in [1.29, 1.82) is 0 Å². The Morgan fingerprint density at radius 1 is 1.04 bits per heavy atom. The minimum Gasteiger partial charge on any atom is -0.322 e. The molecule has 2 aromatic carbocycles. The van der Waals surface area contributed by atoms with Crippen molar-refractivity contribution in [3.63, 3.8) is 0 Å². The van der Waals surface area contributed by atoms with E-state index in [1.807, 2.05) is 49.6 Å². The number of aryl methyl sites for hydroxylation is 2. The van der Waals surface area contributed by atoms with Gasteiger partial charge in [0.25, 0.3) is 5.91 Å². The molecule has 0 spiro atoms. The minimum atomic E-state index is -0.395. The lowest BCUT2D eigenvalue weighted by molar-refractivity contribution is 0.102. The first-order valence-corrected chi connectivity index (χ1v) is 9.42. The van der Waals surface area contributed by atoms with E-state index in [1.54, 1.807) is 23.5 Å². The van der Waals surface area contributed by atoms with Gasteiger partial charge < -0.3 is 5.32 Å². The summed E-state index contributed by atoms with van der Waals surface area (Å²) >= 11 is 1.55. The number of hydrogen-bond donors (Lipinski definition) is 1. The fourth-order valence-corrected chi connectivity index (χ4v) is 3.64. The van der Waals surface area contributed by atoms with Gasteiger partial charge in [-0.15, -0.1) is 11.3 Å². The number of benzene rings is 2. The molecule has 5 heteroatoms. The smallest absolute Gasteiger partial charge is 0.256 e. The standard InChI is InChI=1S/C22H17FN2OS/c1-13-5-7-16(10-14(13)2)24-22(26)18-12-20(21-4-3-9-27-21)25-19-8-6-15(23)11-17(18)19/h3-12H,1-2H3,(H,24,26). The van der Waals surface area contributed by atoms with Crippen LogP contribution in [0.25, 0.3) is 21.5 Å². The van der Waals surface area contributed by atoms with Crippen LogP contribution in [-0.4, -0.2) is 10.9 Å². The second kappa shape index (κ2) is 6.93. The van der Waals surface area contributed by atoms with E-state index in [0.717, 1.165) is 16.0 Å². The van der Waals surface area contributed by atoms with Crippen LogP contribution >= 0.6 is 11.3 Å². The minimum absolute atomic E-state index is 0.283. The van der Waals surface area contributed by atoms with Gasteiger partial charge >= 0.3 is 0 Å². The van der Waals surface area contributed by atoms with Gasteiger partial charge in [-0.1, -0.05) is 12.1 Å². The summed E-state index contributed by atoms with van der Waals surface area (Å²) in [5.74, 6) is -0.678. The number of hydrogen-bond acceptors (Lipinski definition) is 3. The van der Waals surface area contributed by atoms with E-state index in [4.69, 9.17) is 0 Å². The van der Waals surface area contributed by atoms with Gasteiger partial charge in [0.1, 0.15) is 5.82 Å². The van der Waals surface area contributed by atoms with Crippen molar-refractivity contribution in [3.8, 4) is 10.6 Å². The highest BCUT2D eigenvalue weighted by Crippen LogP contribution is 2.29. The summed E-state index contributed by atoms with van der Waals surface area (Å²) in [4.78, 5) is 18.6. The molecule has 0 atom stereocenters. The molecule has 0 saturated heterocycles. The third kappa shape index (κ3) is 3.46. The summed E-state index contributed by atoms with van der Waals surface area (Å²) in [6, 6.07) is 15.7. The van der Waals surface area contributed by atoms with E-state index in [0.29, 0.717) is 27.8 Å². The monoisotopic (exact) mass is 376 g/mol. The summed E-state index contributed by atoms with van der Waals surface area (Å²) in [7, 11) is 0. The normalized spacial score (nSPS) is 10.9. The number of fused-ring (bicyclic) bond motifs is 1. The zero-order valence-corrected chi connectivity index (χ0v) is 15.7. The van der Waals surface area contributed by atoms with E-state index in [9.17, 15) is 9.18 Å². The molecular formula is C22H17FN2OS. The Kier molecular flexibility index (Phi) is 4.46. The van der Waals surface area contributed by atoms with Crippen molar-refractivity contribution in [2.45, 2.75) is 13.8 Å². The topological polar surface area (TPSA) is 42.0 Å². The maximum Gasteiger partial charge on any atom is 0.256 e. The van der Waals surface area contributed by atoms with Gasteiger partial charge in [0.2, 0.25) is 0 Å². The fraction of sp³-hybridized carbons (Fsp3) is 0.0909. The number of carbonyl (C=O) groups is 1. The molecule has 4 rings (SSSR count). The maximum absolute atomic E-state index is 13.8. The first-order chi connectivity index (χ1) is 13.0. The largest absolute Gasteiger partial charge is 0.322 e. The van der Waals surface area contributed by atoms with Crippen LogP contribution in [0.3, 0.4) is 0 Å². The first kappa shape index (κ1) is 17.4. The Bertz CT molecular complexity index is 1150. The highest BCUT2D eigenvalue weighted by atomic mass is 32.1. The lowest BCUT2D eigenvalue weighted by atomic mass is 10.1. The van der Waals surface area contributed by atoms with Crippen LogP contribution < -0.4 is 5.32 Å². The van der Waals surface area contributed by atoms with Gasteiger partial charge in [0, 0.05) is 11.1 Å². The van der Waals surface area contributed by atoms with Crippen LogP contribution in [-0.2, 0) is 0 Å². The summed E-state index contributed by atoms with van der Waals surface area (Å²) in [5, 5.41) is 5.38. The SMILES string of the molecule is Cc1ccc(NC(=O)c2cc(-c3cccs3)nc3ccc(F)cc23)cc1C. The number of aromatic nitrogens is 1. The van der Waals surface area contributed by atoms with Crippen LogP contribution in [0, 0.1) is 19.7 Å². The van der Waals surface area contributed by atoms with Gasteiger partial charge in [-0.05, 0) is 72.8 Å².